The van der Waals surface area contributed by atoms with Crippen LogP contribution in [0.25, 0.3) is 0 Å². The molecule has 1 atom stereocenters. The molecule has 90 valence electrons. The third-order valence-corrected chi connectivity index (χ3v) is 2.92. The molecule has 0 radical (unpaired) electrons. The highest BCUT2D eigenvalue weighted by Gasteiger charge is 2.28. The number of aliphatic hydroxyl groups is 1. The first-order chi connectivity index (χ1) is 7.38. The van der Waals surface area contributed by atoms with E-state index in [9.17, 15) is 9.50 Å². The van der Waals surface area contributed by atoms with Crippen molar-refractivity contribution in [3.8, 4) is 0 Å². The molecule has 0 aliphatic rings. The molecular formula is C12H17ClFNO. The van der Waals surface area contributed by atoms with Crippen LogP contribution in [0.15, 0.2) is 18.2 Å². The maximum absolute atomic E-state index is 13.0. The van der Waals surface area contributed by atoms with Crippen molar-refractivity contribution in [1.82, 2.24) is 5.32 Å². The van der Waals surface area contributed by atoms with E-state index in [0.717, 1.165) is 0 Å². The topological polar surface area (TPSA) is 32.3 Å². The molecule has 1 unspecified atom stereocenters. The lowest BCUT2D eigenvalue weighted by atomic mass is 9.82. The Morgan fingerprint density at radius 2 is 2.12 bits per heavy atom. The van der Waals surface area contributed by atoms with Crippen LogP contribution in [0.1, 0.15) is 25.5 Å². The van der Waals surface area contributed by atoms with Gasteiger partial charge < -0.3 is 10.4 Å². The first-order valence-electron chi connectivity index (χ1n) is 5.16. The van der Waals surface area contributed by atoms with Crippen molar-refractivity contribution in [2.75, 3.05) is 13.6 Å². The van der Waals surface area contributed by atoms with Crippen LogP contribution in [0, 0.1) is 11.2 Å². The van der Waals surface area contributed by atoms with Crippen LogP contribution in [0.5, 0.6) is 0 Å². The summed E-state index contributed by atoms with van der Waals surface area (Å²) in [6, 6.07) is 4.30. The third-order valence-electron chi connectivity index (χ3n) is 2.63. The van der Waals surface area contributed by atoms with Gasteiger partial charge in [0.15, 0.2) is 0 Å². The number of halogens is 2. The van der Waals surface area contributed by atoms with E-state index >= 15 is 0 Å². The Bertz CT molecular complexity index is 368. The van der Waals surface area contributed by atoms with E-state index in [1.54, 1.807) is 6.07 Å². The van der Waals surface area contributed by atoms with Gasteiger partial charge >= 0.3 is 0 Å². The molecule has 0 saturated heterocycles. The van der Waals surface area contributed by atoms with Crippen molar-refractivity contribution in [3.05, 3.63) is 34.6 Å². The third kappa shape index (κ3) is 2.94. The van der Waals surface area contributed by atoms with Gasteiger partial charge in [0, 0.05) is 12.0 Å². The minimum atomic E-state index is -0.682. The molecule has 0 aromatic heterocycles. The monoisotopic (exact) mass is 245 g/mol. The minimum absolute atomic E-state index is 0.0387. The second-order valence-electron chi connectivity index (χ2n) is 4.59. The van der Waals surface area contributed by atoms with Crippen molar-refractivity contribution in [2.45, 2.75) is 20.0 Å². The van der Waals surface area contributed by atoms with Gasteiger partial charge in [0.05, 0.1) is 11.1 Å². The van der Waals surface area contributed by atoms with Crippen molar-refractivity contribution >= 4 is 11.6 Å². The molecule has 0 bridgehead atoms. The number of rotatable bonds is 4. The summed E-state index contributed by atoms with van der Waals surface area (Å²) in [5, 5.41) is 13.2. The molecule has 0 spiro atoms. The van der Waals surface area contributed by atoms with Crippen molar-refractivity contribution in [1.29, 1.82) is 0 Å². The normalized spacial score (nSPS) is 13.9. The zero-order chi connectivity index (χ0) is 12.3. The Balaban J connectivity index is 2.95. The molecule has 2 N–H and O–H groups in total. The second-order valence-corrected chi connectivity index (χ2v) is 5.00. The Morgan fingerprint density at radius 3 is 2.62 bits per heavy atom. The highest BCUT2D eigenvalue weighted by atomic mass is 35.5. The van der Waals surface area contributed by atoms with Gasteiger partial charge in [0.25, 0.3) is 0 Å². The summed E-state index contributed by atoms with van der Waals surface area (Å²) in [7, 11) is 1.83. The highest BCUT2D eigenvalue weighted by Crippen LogP contribution is 2.34. The summed E-state index contributed by atoms with van der Waals surface area (Å²) in [5.41, 5.74) is 0.294. The zero-order valence-corrected chi connectivity index (χ0v) is 10.5. The standard InChI is InChI=1S/C12H17ClFNO/c1-12(2,7-15-3)11(16)8-4-5-10(14)9(13)6-8/h4-6,11,15-16H,7H2,1-3H3. The molecule has 0 aliphatic heterocycles. The largest absolute Gasteiger partial charge is 0.388 e. The lowest BCUT2D eigenvalue weighted by Crippen LogP contribution is -2.32. The molecule has 0 fully saturated rings. The lowest BCUT2D eigenvalue weighted by molar-refractivity contribution is 0.0506. The van der Waals surface area contributed by atoms with Crippen LogP contribution >= 0.6 is 11.6 Å². The Kier molecular flexibility index (Phi) is 4.30. The van der Waals surface area contributed by atoms with Gasteiger partial charge in [-0.25, -0.2) is 4.39 Å². The average Bonchev–Trinajstić information content (AvgIpc) is 2.21. The van der Waals surface area contributed by atoms with Gasteiger partial charge in [0.2, 0.25) is 0 Å². The van der Waals surface area contributed by atoms with Gasteiger partial charge in [0.1, 0.15) is 5.82 Å². The fourth-order valence-electron chi connectivity index (χ4n) is 1.69. The Morgan fingerprint density at radius 1 is 1.50 bits per heavy atom. The summed E-state index contributed by atoms with van der Waals surface area (Å²) in [6.07, 6.45) is -0.682. The summed E-state index contributed by atoms with van der Waals surface area (Å²) in [5.74, 6) is -0.468. The lowest BCUT2D eigenvalue weighted by Gasteiger charge is -2.30. The van der Waals surface area contributed by atoms with Gasteiger partial charge in [-0.15, -0.1) is 0 Å². The SMILES string of the molecule is CNCC(C)(C)C(O)c1ccc(F)c(Cl)c1. The smallest absolute Gasteiger partial charge is 0.141 e. The minimum Gasteiger partial charge on any atom is -0.388 e. The van der Waals surface area contributed by atoms with Gasteiger partial charge in [-0.1, -0.05) is 31.5 Å². The summed E-state index contributed by atoms with van der Waals surface area (Å²) >= 11 is 5.68. The first kappa shape index (κ1) is 13.4. The number of hydrogen-bond donors (Lipinski definition) is 2. The van der Waals surface area contributed by atoms with E-state index in [-0.39, 0.29) is 10.4 Å². The Hall–Kier alpha value is -0.640. The summed E-state index contributed by atoms with van der Waals surface area (Å²) in [6.45, 7) is 4.53. The van der Waals surface area contributed by atoms with Crippen molar-refractivity contribution in [2.24, 2.45) is 5.41 Å². The fraction of sp³-hybridized carbons (Fsp3) is 0.500. The molecular weight excluding hydrogens is 229 g/mol. The molecule has 16 heavy (non-hydrogen) atoms. The van der Waals surface area contributed by atoms with Crippen LogP contribution in [-0.2, 0) is 0 Å². The van der Waals surface area contributed by atoms with Crippen LogP contribution in [0.4, 0.5) is 4.39 Å². The van der Waals surface area contributed by atoms with Crippen LogP contribution in [0.2, 0.25) is 5.02 Å². The number of aliphatic hydroxyl groups excluding tert-OH is 1. The van der Waals surface area contributed by atoms with Gasteiger partial charge in [-0.3, -0.25) is 0 Å². The van der Waals surface area contributed by atoms with Gasteiger partial charge in [-0.05, 0) is 24.7 Å². The van der Waals surface area contributed by atoms with E-state index in [1.165, 1.54) is 12.1 Å². The molecule has 0 saturated carbocycles. The fourth-order valence-corrected chi connectivity index (χ4v) is 1.87. The predicted octanol–water partition coefficient (Wildman–Crippen LogP) is 2.76. The van der Waals surface area contributed by atoms with E-state index in [0.29, 0.717) is 12.1 Å². The van der Waals surface area contributed by atoms with E-state index in [1.807, 2.05) is 20.9 Å². The summed E-state index contributed by atoms with van der Waals surface area (Å²) in [4.78, 5) is 0. The highest BCUT2D eigenvalue weighted by molar-refractivity contribution is 6.30. The molecule has 0 heterocycles. The Labute approximate surface area is 100 Å². The first-order valence-corrected chi connectivity index (χ1v) is 5.54. The summed E-state index contributed by atoms with van der Waals surface area (Å²) < 4.78 is 13.0. The predicted molar refractivity (Wildman–Crippen MR) is 64.1 cm³/mol. The number of hydrogen-bond acceptors (Lipinski definition) is 2. The van der Waals surface area contributed by atoms with E-state index < -0.39 is 11.9 Å². The van der Waals surface area contributed by atoms with Crippen molar-refractivity contribution < 1.29 is 9.50 Å². The van der Waals surface area contributed by atoms with Gasteiger partial charge in [-0.2, -0.15) is 0 Å². The molecule has 0 aliphatic carbocycles. The zero-order valence-electron chi connectivity index (χ0n) is 9.72. The van der Waals surface area contributed by atoms with Crippen LogP contribution in [0.3, 0.4) is 0 Å². The van der Waals surface area contributed by atoms with Crippen molar-refractivity contribution in [3.63, 3.8) is 0 Å². The molecule has 2 nitrogen and oxygen atoms in total. The maximum Gasteiger partial charge on any atom is 0.141 e. The van der Waals surface area contributed by atoms with E-state index in [4.69, 9.17) is 11.6 Å². The number of nitrogens with one attached hydrogen (secondary N) is 1. The number of benzene rings is 1. The molecule has 0 amide bonds. The quantitative estimate of drug-likeness (QED) is 0.855. The second kappa shape index (κ2) is 5.13. The van der Waals surface area contributed by atoms with E-state index in [2.05, 4.69) is 5.32 Å². The molecule has 1 aromatic rings. The molecule has 4 heteroatoms. The van der Waals surface area contributed by atoms with Crippen LogP contribution in [-0.4, -0.2) is 18.7 Å². The average molecular weight is 246 g/mol. The van der Waals surface area contributed by atoms with Crippen LogP contribution < -0.4 is 5.32 Å². The molecule has 1 aromatic carbocycles. The maximum atomic E-state index is 13.0. The molecule has 1 rings (SSSR count).